The average molecular weight is 185 g/mol. The summed E-state index contributed by atoms with van der Waals surface area (Å²) in [6, 6.07) is 4.01. The molecule has 0 aromatic heterocycles. The smallest absolute Gasteiger partial charge is 0.395 e. The first kappa shape index (κ1) is 7.97. The lowest BCUT2D eigenvalue weighted by atomic mass is 10.2. The standard InChI is InChI=1S/C8H3F2O3/c9-8(10)12-6-3-1-2-5(4-11)7(6)13-8/h1-3H. The van der Waals surface area contributed by atoms with E-state index in [0.717, 1.165) is 0 Å². The van der Waals surface area contributed by atoms with E-state index in [1.165, 1.54) is 24.5 Å². The van der Waals surface area contributed by atoms with Gasteiger partial charge in [-0.15, -0.1) is 8.78 Å². The Kier molecular flexibility index (Phi) is 1.48. The van der Waals surface area contributed by atoms with Gasteiger partial charge in [0, 0.05) is 0 Å². The number of ether oxygens (including phenoxy) is 2. The Hall–Kier alpha value is -1.65. The SMILES string of the molecule is O=[C]c1cccc2c1OC(F)(F)O2. The summed E-state index contributed by atoms with van der Waals surface area (Å²) in [5.41, 5.74) is -0.0744. The van der Waals surface area contributed by atoms with Crippen molar-refractivity contribution in [3.63, 3.8) is 0 Å². The van der Waals surface area contributed by atoms with Crippen LogP contribution < -0.4 is 9.47 Å². The van der Waals surface area contributed by atoms with Gasteiger partial charge in [0.2, 0.25) is 6.29 Å². The molecule has 13 heavy (non-hydrogen) atoms. The van der Waals surface area contributed by atoms with Crippen LogP contribution >= 0.6 is 0 Å². The molecule has 0 saturated heterocycles. The van der Waals surface area contributed by atoms with Gasteiger partial charge in [0.05, 0.1) is 5.56 Å². The summed E-state index contributed by atoms with van der Waals surface area (Å²) in [5, 5.41) is 0. The number of alkyl halides is 2. The highest BCUT2D eigenvalue weighted by Crippen LogP contribution is 2.42. The molecule has 1 radical (unpaired) electrons. The van der Waals surface area contributed by atoms with E-state index >= 15 is 0 Å². The fraction of sp³-hybridized carbons (Fsp3) is 0.125. The van der Waals surface area contributed by atoms with Crippen molar-refractivity contribution in [2.75, 3.05) is 0 Å². The molecule has 67 valence electrons. The predicted molar refractivity (Wildman–Crippen MR) is 37.4 cm³/mol. The molecule has 0 atom stereocenters. The lowest BCUT2D eigenvalue weighted by Crippen LogP contribution is -2.26. The molecular formula is C8H3F2O3. The molecule has 0 fully saturated rings. The molecule has 0 aliphatic carbocycles. The molecule has 0 amide bonds. The number of halogens is 2. The summed E-state index contributed by atoms with van der Waals surface area (Å²) in [6.45, 7) is 0. The number of hydrogen-bond donors (Lipinski definition) is 0. The summed E-state index contributed by atoms with van der Waals surface area (Å²) >= 11 is 0. The Bertz CT molecular complexity index is 362. The average Bonchev–Trinajstić information content (AvgIpc) is 2.37. The van der Waals surface area contributed by atoms with Crippen LogP contribution in [0.1, 0.15) is 5.56 Å². The molecule has 0 spiro atoms. The van der Waals surface area contributed by atoms with Crippen molar-refractivity contribution in [2.24, 2.45) is 0 Å². The largest absolute Gasteiger partial charge is 0.586 e. The molecule has 3 nitrogen and oxygen atoms in total. The van der Waals surface area contributed by atoms with Crippen LogP contribution in [0, 0.1) is 0 Å². The van der Waals surface area contributed by atoms with Crippen molar-refractivity contribution in [1.82, 2.24) is 0 Å². The summed E-state index contributed by atoms with van der Waals surface area (Å²) < 4.78 is 33.2. The van der Waals surface area contributed by atoms with Gasteiger partial charge in [-0.3, -0.25) is 4.79 Å². The third-order valence-corrected chi connectivity index (χ3v) is 1.54. The van der Waals surface area contributed by atoms with Gasteiger partial charge in [-0.05, 0) is 12.1 Å². The van der Waals surface area contributed by atoms with Crippen LogP contribution in [0.25, 0.3) is 0 Å². The summed E-state index contributed by atoms with van der Waals surface area (Å²) in [6.07, 6.45) is -2.21. The first-order valence-corrected chi connectivity index (χ1v) is 3.39. The third-order valence-electron chi connectivity index (χ3n) is 1.54. The topological polar surface area (TPSA) is 35.5 Å². The van der Waals surface area contributed by atoms with E-state index in [-0.39, 0.29) is 17.1 Å². The highest BCUT2D eigenvalue weighted by Gasteiger charge is 2.44. The first-order chi connectivity index (χ1) is 6.12. The number of fused-ring (bicyclic) bond motifs is 1. The molecule has 0 saturated carbocycles. The monoisotopic (exact) mass is 185 g/mol. The maximum atomic E-state index is 12.5. The maximum Gasteiger partial charge on any atom is 0.586 e. The number of rotatable bonds is 1. The molecule has 1 aliphatic rings. The normalized spacial score (nSPS) is 17.1. The van der Waals surface area contributed by atoms with Crippen LogP contribution in [0.4, 0.5) is 8.78 Å². The van der Waals surface area contributed by atoms with E-state index in [9.17, 15) is 13.6 Å². The minimum absolute atomic E-state index is 0.0744. The molecule has 1 heterocycles. The maximum absolute atomic E-state index is 12.5. The zero-order valence-corrected chi connectivity index (χ0v) is 6.21. The van der Waals surface area contributed by atoms with E-state index < -0.39 is 6.29 Å². The second-order valence-corrected chi connectivity index (χ2v) is 2.40. The molecule has 0 unspecified atom stereocenters. The van der Waals surface area contributed by atoms with Gasteiger partial charge in [0.25, 0.3) is 0 Å². The van der Waals surface area contributed by atoms with Crippen LogP contribution in [-0.2, 0) is 4.79 Å². The summed E-state index contributed by atoms with van der Waals surface area (Å²) in [5.74, 6) is -0.409. The molecule has 2 rings (SSSR count). The highest BCUT2D eigenvalue weighted by molar-refractivity contribution is 5.81. The Labute approximate surface area is 71.9 Å². The molecule has 5 heteroatoms. The number of carbonyl (C=O) groups excluding carboxylic acids is 1. The van der Waals surface area contributed by atoms with E-state index in [1.807, 2.05) is 0 Å². The van der Waals surface area contributed by atoms with Gasteiger partial charge >= 0.3 is 6.29 Å². The Morgan fingerprint density at radius 2 is 2.08 bits per heavy atom. The zero-order valence-electron chi connectivity index (χ0n) is 6.21. The molecular weight excluding hydrogens is 182 g/mol. The molecule has 1 aliphatic heterocycles. The van der Waals surface area contributed by atoms with Crippen LogP contribution in [0.5, 0.6) is 11.5 Å². The molecule has 0 bridgehead atoms. The van der Waals surface area contributed by atoms with Crippen LogP contribution in [-0.4, -0.2) is 12.6 Å². The Morgan fingerprint density at radius 3 is 2.77 bits per heavy atom. The quantitative estimate of drug-likeness (QED) is 0.664. The Morgan fingerprint density at radius 1 is 1.31 bits per heavy atom. The summed E-state index contributed by atoms with van der Waals surface area (Å²) in [7, 11) is 0. The van der Waals surface area contributed by atoms with Crippen molar-refractivity contribution >= 4 is 6.29 Å². The number of benzene rings is 1. The lowest BCUT2D eigenvalue weighted by molar-refractivity contribution is -0.286. The van der Waals surface area contributed by atoms with Crippen molar-refractivity contribution in [1.29, 1.82) is 0 Å². The first-order valence-electron chi connectivity index (χ1n) is 3.39. The zero-order chi connectivity index (χ0) is 9.47. The van der Waals surface area contributed by atoms with Crippen molar-refractivity contribution in [2.45, 2.75) is 6.29 Å². The summed E-state index contributed by atoms with van der Waals surface area (Å²) in [4.78, 5) is 10.3. The van der Waals surface area contributed by atoms with Gasteiger partial charge in [0.1, 0.15) is 0 Å². The minimum Gasteiger partial charge on any atom is -0.395 e. The number of para-hydroxylation sites is 1. The van der Waals surface area contributed by atoms with Crippen LogP contribution in [0.15, 0.2) is 18.2 Å². The van der Waals surface area contributed by atoms with E-state index in [1.54, 1.807) is 0 Å². The van der Waals surface area contributed by atoms with Gasteiger partial charge in [-0.1, -0.05) is 6.07 Å². The predicted octanol–water partition coefficient (Wildman–Crippen LogP) is 1.47. The lowest BCUT2D eigenvalue weighted by Gasteiger charge is -2.04. The highest BCUT2D eigenvalue weighted by atomic mass is 19.3. The van der Waals surface area contributed by atoms with Gasteiger partial charge in [-0.2, -0.15) is 0 Å². The fourth-order valence-corrected chi connectivity index (χ4v) is 1.05. The second-order valence-electron chi connectivity index (χ2n) is 2.40. The van der Waals surface area contributed by atoms with Crippen LogP contribution in [0.3, 0.4) is 0 Å². The van der Waals surface area contributed by atoms with E-state index in [4.69, 9.17) is 0 Å². The van der Waals surface area contributed by atoms with Crippen molar-refractivity contribution < 1.29 is 23.0 Å². The van der Waals surface area contributed by atoms with Gasteiger partial charge < -0.3 is 9.47 Å². The van der Waals surface area contributed by atoms with Crippen LogP contribution in [0.2, 0.25) is 0 Å². The Balaban J connectivity index is 2.51. The molecule has 1 aromatic rings. The minimum atomic E-state index is -3.69. The van der Waals surface area contributed by atoms with E-state index in [2.05, 4.69) is 9.47 Å². The molecule has 1 aromatic carbocycles. The second kappa shape index (κ2) is 2.42. The number of hydrogen-bond acceptors (Lipinski definition) is 3. The van der Waals surface area contributed by atoms with E-state index in [0.29, 0.717) is 0 Å². The van der Waals surface area contributed by atoms with Gasteiger partial charge in [-0.25, -0.2) is 0 Å². The van der Waals surface area contributed by atoms with Gasteiger partial charge in [0.15, 0.2) is 11.5 Å². The third kappa shape index (κ3) is 1.22. The molecule has 0 N–H and O–H groups in total. The van der Waals surface area contributed by atoms with Crippen molar-refractivity contribution in [3.05, 3.63) is 23.8 Å². The fourth-order valence-electron chi connectivity index (χ4n) is 1.05. The van der Waals surface area contributed by atoms with Crippen molar-refractivity contribution in [3.8, 4) is 11.5 Å².